The number of aliphatic hydroxyl groups is 1. The molecule has 0 aromatic rings. The van der Waals surface area contributed by atoms with Crippen molar-refractivity contribution in [3.63, 3.8) is 0 Å². The molecule has 0 aromatic heterocycles. The van der Waals surface area contributed by atoms with Crippen LogP contribution < -0.4 is 10.6 Å². The first-order valence-electron chi connectivity index (χ1n) is 6.82. The fourth-order valence-corrected chi connectivity index (χ4v) is 2.38. The number of hydrogen-bond donors (Lipinski definition) is 3. The summed E-state index contributed by atoms with van der Waals surface area (Å²) in [7, 11) is 0. The third kappa shape index (κ3) is 5.04. The summed E-state index contributed by atoms with van der Waals surface area (Å²) in [6.07, 6.45) is 4.88. The average Bonchev–Trinajstić information content (AvgIpc) is 2.36. The van der Waals surface area contributed by atoms with Crippen LogP contribution in [0.5, 0.6) is 0 Å². The minimum absolute atomic E-state index is 0.0229. The summed E-state index contributed by atoms with van der Waals surface area (Å²) in [5.74, 6) is 0.799. The van der Waals surface area contributed by atoms with Crippen molar-refractivity contribution < 1.29 is 9.90 Å². The maximum atomic E-state index is 12.0. The Morgan fingerprint density at radius 1 is 1.59 bits per heavy atom. The maximum absolute atomic E-state index is 12.0. The molecule has 17 heavy (non-hydrogen) atoms. The second kappa shape index (κ2) is 7.67. The molecule has 0 spiro atoms. The van der Waals surface area contributed by atoms with Gasteiger partial charge in [-0.1, -0.05) is 13.3 Å². The zero-order chi connectivity index (χ0) is 12.7. The lowest BCUT2D eigenvalue weighted by molar-refractivity contribution is -0.124. The molecule has 0 aromatic carbocycles. The molecule has 3 N–H and O–H groups in total. The number of amides is 1. The lowest BCUT2D eigenvalue weighted by Gasteiger charge is -2.29. The van der Waals surface area contributed by atoms with E-state index in [4.69, 9.17) is 5.11 Å². The number of aliphatic hydroxyl groups excluding tert-OH is 1. The molecule has 1 rings (SSSR count). The van der Waals surface area contributed by atoms with E-state index in [9.17, 15) is 4.79 Å². The van der Waals surface area contributed by atoms with E-state index in [0.29, 0.717) is 5.92 Å². The molecule has 1 amide bonds. The number of nitrogens with one attached hydrogen (secondary N) is 2. The minimum Gasteiger partial charge on any atom is -0.396 e. The first-order chi connectivity index (χ1) is 8.17. The Labute approximate surface area is 104 Å². The molecule has 0 aliphatic carbocycles. The third-order valence-corrected chi connectivity index (χ3v) is 3.59. The Morgan fingerprint density at radius 2 is 2.35 bits per heavy atom. The first-order valence-corrected chi connectivity index (χ1v) is 6.82. The summed E-state index contributed by atoms with van der Waals surface area (Å²) in [6.45, 7) is 5.32. The van der Waals surface area contributed by atoms with E-state index in [1.807, 2.05) is 6.92 Å². The number of hydrogen-bond acceptors (Lipinski definition) is 3. The largest absolute Gasteiger partial charge is 0.396 e. The standard InChI is InChI=1S/C13H26N2O2/c1-3-11-6-7-14-12(9-11)13(17)15-10(2)5-4-8-16/h10-12,14,16H,3-9H2,1-2H3,(H,15,17). The zero-order valence-corrected chi connectivity index (χ0v) is 11.0. The molecule has 0 bridgehead atoms. The van der Waals surface area contributed by atoms with E-state index in [-0.39, 0.29) is 24.6 Å². The van der Waals surface area contributed by atoms with Gasteiger partial charge in [-0.05, 0) is 45.1 Å². The van der Waals surface area contributed by atoms with Crippen LogP contribution in [0.1, 0.15) is 46.0 Å². The quantitative estimate of drug-likeness (QED) is 0.652. The van der Waals surface area contributed by atoms with Gasteiger partial charge in [0, 0.05) is 12.6 Å². The monoisotopic (exact) mass is 242 g/mol. The van der Waals surface area contributed by atoms with Crippen LogP contribution in [-0.4, -0.2) is 36.2 Å². The Balaban J connectivity index is 2.31. The van der Waals surface area contributed by atoms with E-state index in [1.54, 1.807) is 0 Å². The predicted octanol–water partition coefficient (Wildman–Crippen LogP) is 1.04. The van der Waals surface area contributed by atoms with E-state index >= 15 is 0 Å². The predicted molar refractivity (Wildman–Crippen MR) is 68.7 cm³/mol. The highest BCUT2D eigenvalue weighted by molar-refractivity contribution is 5.82. The zero-order valence-electron chi connectivity index (χ0n) is 11.0. The third-order valence-electron chi connectivity index (χ3n) is 3.59. The molecule has 1 saturated heterocycles. The Kier molecular flexibility index (Phi) is 6.52. The fourth-order valence-electron chi connectivity index (χ4n) is 2.38. The number of rotatable bonds is 6. The van der Waals surface area contributed by atoms with Gasteiger partial charge in [0.1, 0.15) is 0 Å². The summed E-state index contributed by atoms with van der Waals surface area (Å²) in [5.41, 5.74) is 0. The normalized spacial score (nSPS) is 26.5. The van der Waals surface area contributed by atoms with Crippen LogP contribution in [-0.2, 0) is 4.79 Å². The molecule has 1 aliphatic heterocycles. The average molecular weight is 242 g/mol. The van der Waals surface area contributed by atoms with Crippen molar-refractivity contribution in [2.45, 2.75) is 58.0 Å². The van der Waals surface area contributed by atoms with E-state index < -0.39 is 0 Å². The van der Waals surface area contributed by atoms with Gasteiger partial charge in [-0.25, -0.2) is 0 Å². The van der Waals surface area contributed by atoms with Gasteiger partial charge in [0.25, 0.3) is 0 Å². The minimum atomic E-state index is -0.0229. The summed E-state index contributed by atoms with van der Waals surface area (Å²) < 4.78 is 0. The summed E-state index contributed by atoms with van der Waals surface area (Å²) >= 11 is 0. The van der Waals surface area contributed by atoms with Crippen LogP contribution >= 0.6 is 0 Å². The highest BCUT2D eigenvalue weighted by Crippen LogP contribution is 2.19. The highest BCUT2D eigenvalue weighted by atomic mass is 16.3. The Bertz CT molecular complexity index is 233. The van der Waals surface area contributed by atoms with Crippen LogP contribution in [0.4, 0.5) is 0 Å². The second-order valence-electron chi connectivity index (χ2n) is 5.08. The molecule has 0 saturated carbocycles. The van der Waals surface area contributed by atoms with Gasteiger partial charge in [-0.3, -0.25) is 4.79 Å². The van der Waals surface area contributed by atoms with E-state index in [2.05, 4.69) is 17.6 Å². The summed E-state index contributed by atoms with van der Waals surface area (Å²) in [6, 6.07) is 0.128. The molecule has 4 heteroatoms. The SMILES string of the molecule is CCC1CCNC(C(=O)NC(C)CCCO)C1. The summed E-state index contributed by atoms with van der Waals surface area (Å²) in [4.78, 5) is 12.0. The van der Waals surface area contributed by atoms with Crippen LogP contribution in [0.15, 0.2) is 0 Å². The van der Waals surface area contributed by atoms with Crippen molar-refractivity contribution in [3.8, 4) is 0 Å². The molecule has 4 nitrogen and oxygen atoms in total. The van der Waals surface area contributed by atoms with Crippen LogP contribution in [0.3, 0.4) is 0 Å². The molecule has 1 aliphatic rings. The van der Waals surface area contributed by atoms with Gasteiger partial charge in [0.05, 0.1) is 6.04 Å². The van der Waals surface area contributed by atoms with Gasteiger partial charge in [-0.2, -0.15) is 0 Å². The van der Waals surface area contributed by atoms with E-state index in [0.717, 1.165) is 32.2 Å². The van der Waals surface area contributed by atoms with Crippen LogP contribution in [0.2, 0.25) is 0 Å². The van der Waals surface area contributed by atoms with Gasteiger partial charge in [0.2, 0.25) is 5.91 Å². The van der Waals surface area contributed by atoms with Crippen molar-refractivity contribution >= 4 is 5.91 Å². The maximum Gasteiger partial charge on any atom is 0.237 e. The van der Waals surface area contributed by atoms with Gasteiger partial charge in [-0.15, -0.1) is 0 Å². The smallest absolute Gasteiger partial charge is 0.237 e. The summed E-state index contributed by atoms with van der Waals surface area (Å²) in [5, 5.41) is 15.0. The Hall–Kier alpha value is -0.610. The number of carbonyl (C=O) groups excluding carboxylic acids is 1. The molecule has 100 valence electrons. The molecule has 1 fully saturated rings. The van der Waals surface area contributed by atoms with Crippen molar-refractivity contribution in [1.82, 2.24) is 10.6 Å². The van der Waals surface area contributed by atoms with Crippen molar-refractivity contribution in [1.29, 1.82) is 0 Å². The van der Waals surface area contributed by atoms with Crippen molar-refractivity contribution in [2.24, 2.45) is 5.92 Å². The fraction of sp³-hybridized carbons (Fsp3) is 0.923. The first kappa shape index (κ1) is 14.5. The number of carbonyl (C=O) groups is 1. The van der Waals surface area contributed by atoms with Gasteiger partial charge >= 0.3 is 0 Å². The molecule has 1 heterocycles. The van der Waals surface area contributed by atoms with Crippen LogP contribution in [0, 0.1) is 5.92 Å². The lowest BCUT2D eigenvalue weighted by Crippen LogP contribution is -2.50. The molecular formula is C13H26N2O2. The highest BCUT2D eigenvalue weighted by Gasteiger charge is 2.26. The molecule has 3 unspecified atom stereocenters. The molecule has 0 radical (unpaired) electrons. The second-order valence-corrected chi connectivity index (χ2v) is 5.08. The van der Waals surface area contributed by atoms with Crippen molar-refractivity contribution in [2.75, 3.05) is 13.2 Å². The Morgan fingerprint density at radius 3 is 3.00 bits per heavy atom. The van der Waals surface area contributed by atoms with Crippen LogP contribution in [0.25, 0.3) is 0 Å². The van der Waals surface area contributed by atoms with Gasteiger partial charge in [0.15, 0.2) is 0 Å². The van der Waals surface area contributed by atoms with E-state index in [1.165, 1.54) is 6.42 Å². The lowest BCUT2D eigenvalue weighted by atomic mass is 9.90. The van der Waals surface area contributed by atoms with Gasteiger partial charge < -0.3 is 15.7 Å². The van der Waals surface area contributed by atoms with Crippen molar-refractivity contribution in [3.05, 3.63) is 0 Å². The number of piperidine rings is 1. The molecular weight excluding hydrogens is 216 g/mol. The topological polar surface area (TPSA) is 61.4 Å². The molecule has 3 atom stereocenters.